The smallest absolute Gasteiger partial charge is 0.161 e. The van der Waals surface area contributed by atoms with Crippen molar-refractivity contribution in [2.24, 2.45) is 0 Å². The van der Waals surface area contributed by atoms with E-state index < -0.39 is 0 Å². The topological polar surface area (TPSA) is 42.2 Å². The van der Waals surface area contributed by atoms with Crippen LogP contribution in [-0.2, 0) is 6.61 Å². The molecule has 0 heterocycles. The van der Waals surface area contributed by atoms with E-state index in [9.17, 15) is 9.65 Å². The fourth-order valence-corrected chi connectivity index (χ4v) is 2.87. The van der Waals surface area contributed by atoms with Crippen molar-refractivity contribution in [3.05, 3.63) is 94.3 Å². The lowest BCUT2D eigenvalue weighted by atomic mass is 10.0. The number of allylic oxidation sites excluding steroid dienone is 1. The van der Waals surface area contributed by atoms with E-state index in [4.69, 9.17) is 21.1 Å². The summed E-state index contributed by atoms with van der Waals surface area (Å²) in [5.74, 6) is 0.791. The zero-order chi connectivity index (χ0) is 20.6. The van der Waals surface area contributed by atoms with Gasteiger partial charge in [-0.05, 0) is 66.1 Å². The van der Waals surface area contributed by atoms with Crippen molar-refractivity contribution in [3.63, 3.8) is 0 Å². The van der Waals surface area contributed by atoms with Crippen molar-refractivity contribution in [2.75, 3.05) is 6.61 Å². The maximum absolute atomic E-state index is 13.5. The van der Waals surface area contributed by atoms with Crippen LogP contribution in [0.3, 0.4) is 0 Å². The summed E-state index contributed by atoms with van der Waals surface area (Å²) in [6.07, 6.45) is 1.69. The summed E-state index contributed by atoms with van der Waals surface area (Å²) in [7, 11) is 0. The largest absolute Gasteiger partial charge is 0.490 e. The van der Waals surface area contributed by atoms with Crippen molar-refractivity contribution in [2.45, 2.75) is 13.5 Å². The average molecular weight is 408 g/mol. The maximum atomic E-state index is 13.5. The lowest BCUT2D eigenvalue weighted by molar-refractivity contribution is 0.269. The van der Waals surface area contributed by atoms with E-state index in [0.717, 1.165) is 11.1 Å². The Balaban J connectivity index is 1.84. The Morgan fingerprint density at radius 1 is 1.03 bits per heavy atom. The van der Waals surface area contributed by atoms with Crippen LogP contribution in [0.25, 0.3) is 11.6 Å². The second kappa shape index (κ2) is 9.77. The van der Waals surface area contributed by atoms with Gasteiger partial charge in [-0.1, -0.05) is 41.9 Å². The van der Waals surface area contributed by atoms with E-state index in [1.165, 1.54) is 12.1 Å². The molecule has 0 unspecified atom stereocenters. The van der Waals surface area contributed by atoms with Gasteiger partial charge in [-0.3, -0.25) is 0 Å². The molecule has 3 nitrogen and oxygen atoms in total. The summed E-state index contributed by atoms with van der Waals surface area (Å²) in [5, 5.41) is 10.2. The fourth-order valence-electron chi connectivity index (χ4n) is 2.75. The van der Waals surface area contributed by atoms with Crippen LogP contribution in [0, 0.1) is 17.1 Å². The first-order valence-corrected chi connectivity index (χ1v) is 9.48. The molecule has 5 heteroatoms. The number of hydrogen-bond acceptors (Lipinski definition) is 3. The van der Waals surface area contributed by atoms with Crippen molar-refractivity contribution in [1.29, 1.82) is 5.26 Å². The monoisotopic (exact) mass is 407 g/mol. The van der Waals surface area contributed by atoms with E-state index in [-0.39, 0.29) is 5.82 Å². The zero-order valence-corrected chi connectivity index (χ0v) is 16.6. The lowest BCUT2D eigenvalue weighted by Gasteiger charge is -2.13. The minimum Gasteiger partial charge on any atom is -0.490 e. The molecule has 3 aromatic carbocycles. The number of nitrogens with zero attached hydrogens (tertiary/aromatic N) is 1. The second-order valence-electron chi connectivity index (χ2n) is 6.23. The first kappa shape index (κ1) is 20.4. The molecule has 0 aliphatic carbocycles. The van der Waals surface area contributed by atoms with Crippen LogP contribution < -0.4 is 9.47 Å². The maximum Gasteiger partial charge on any atom is 0.161 e. The van der Waals surface area contributed by atoms with Crippen LogP contribution in [0.5, 0.6) is 11.5 Å². The first-order valence-electron chi connectivity index (χ1n) is 9.11. The Hall–Kier alpha value is -3.29. The predicted molar refractivity (Wildman–Crippen MR) is 113 cm³/mol. The van der Waals surface area contributed by atoms with Gasteiger partial charge in [0.15, 0.2) is 11.5 Å². The van der Waals surface area contributed by atoms with Gasteiger partial charge in [0.05, 0.1) is 18.2 Å². The molecule has 3 rings (SSSR count). The van der Waals surface area contributed by atoms with E-state index in [1.54, 1.807) is 30.3 Å². The SMILES string of the molecule is CCOc1cc(/C=C(/C#N)c2cccc(F)c2)ccc1OCc1ccc(Cl)cc1. The minimum atomic E-state index is -0.385. The summed E-state index contributed by atoms with van der Waals surface area (Å²) in [5.41, 5.74) is 2.63. The quantitative estimate of drug-likeness (QED) is 0.330. The highest BCUT2D eigenvalue weighted by atomic mass is 35.5. The molecule has 0 aliphatic heterocycles. The van der Waals surface area contributed by atoms with E-state index in [2.05, 4.69) is 6.07 Å². The Bertz CT molecular complexity index is 1060. The summed E-state index contributed by atoms with van der Waals surface area (Å²) in [4.78, 5) is 0. The van der Waals surface area contributed by atoms with Crippen LogP contribution in [0.1, 0.15) is 23.6 Å². The second-order valence-corrected chi connectivity index (χ2v) is 6.67. The standard InChI is InChI=1S/C24H19ClFNO2/c1-2-28-24-13-18(12-20(15-27)19-4-3-5-22(26)14-19)8-11-23(24)29-16-17-6-9-21(25)10-7-17/h3-14H,2,16H2,1H3/b20-12-. The molecule has 0 aromatic heterocycles. The van der Waals surface area contributed by atoms with Crippen LogP contribution >= 0.6 is 11.6 Å². The molecule has 0 amide bonds. The third kappa shape index (κ3) is 5.60. The highest BCUT2D eigenvalue weighted by Crippen LogP contribution is 2.31. The highest BCUT2D eigenvalue weighted by Gasteiger charge is 2.08. The van der Waals surface area contributed by atoms with Gasteiger partial charge >= 0.3 is 0 Å². The van der Waals surface area contributed by atoms with Crippen LogP contribution in [-0.4, -0.2) is 6.61 Å². The zero-order valence-electron chi connectivity index (χ0n) is 15.9. The Morgan fingerprint density at radius 3 is 2.52 bits per heavy atom. The van der Waals surface area contributed by atoms with Gasteiger partial charge in [0, 0.05) is 5.02 Å². The predicted octanol–water partition coefficient (Wildman–Crippen LogP) is 6.52. The van der Waals surface area contributed by atoms with Crippen LogP contribution in [0.4, 0.5) is 4.39 Å². The average Bonchev–Trinajstić information content (AvgIpc) is 2.73. The molecule has 29 heavy (non-hydrogen) atoms. The Morgan fingerprint density at radius 2 is 1.83 bits per heavy atom. The molecule has 0 saturated heterocycles. The van der Waals surface area contributed by atoms with Crippen molar-refractivity contribution >= 4 is 23.3 Å². The number of nitriles is 1. The summed E-state index contributed by atoms with van der Waals surface area (Å²) >= 11 is 5.91. The van der Waals surface area contributed by atoms with Gasteiger partial charge < -0.3 is 9.47 Å². The molecule has 0 aliphatic rings. The molecule has 0 bridgehead atoms. The summed E-state index contributed by atoms with van der Waals surface area (Å²) < 4.78 is 25.1. The van der Waals surface area contributed by atoms with Gasteiger partial charge in [0.2, 0.25) is 0 Å². The van der Waals surface area contributed by atoms with Gasteiger partial charge in [-0.25, -0.2) is 4.39 Å². The Kier molecular flexibility index (Phi) is 6.89. The van der Waals surface area contributed by atoms with Crippen molar-refractivity contribution in [1.82, 2.24) is 0 Å². The number of rotatable bonds is 7. The van der Waals surface area contributed by atoms with Crippen molar-refractivity contribution in [3.8, 4) is 17.6 Å². The van der Waals surface area contributed by atoms with Gasteiger partial charge in [-0.2, -0.15) is 5.26 Å². The van der Waals surface area contributed by atoms with Gasteiger partial charge in [0.1, 0.15) is 12.4 Å². The minimum absolute atomic E-state index is 0.363. The number of ether oxygens (including phenoxy) is 2. The van der Waals surface area contributed by atoms with Crippen molar-refractivity contribution < 1.29 is 13.9 Å². The Labute approximate surface area is 174 Å². The number of hydrogen-bond donors (Lipinski definition) is 0. The number of halogens is 2. The molecule has 0 saturated carbocycles. The van der Waals surface area contributed by atoms with E-state index >= 15 is 0 Å². The summed E-state index contributed by atoms with van der Waals surface area (Å²) in [6, 6.07) is 20.9. The molecule has 0 atom stereocenters. The normalized spacial score (nSPS) is 11.0. The molecule has 0 spiro atoms. The van der Waals surface area contributed by atoms with Crippen LogP contribution in [0.15, 0.2) is 66.7 Å². The summed E-state index contributed by atoms with van der Waals surface area (Å²) in [6.45, 7) is 2.73. The molecule has 0 fully saturated rings. The van der Waals surface area contributed by atoms with Gasteiger partial charge in [0.25, 0.3) is 0 Å². The molecular formula is C24H19ClFNO2. The third-order valence-corrected chi connectivity index (χ3v) is 4.39. The first-order chi connectivity index (χ1) is 14.1. The number of benzene rings is 3. The van der Waals surface area contributed by atoms with E-state index in [0.29, 0.717) is 40.9 Å². The third-order valence-electron chi connectivity index (χ3n) is 4.14. The lowest BCUT2D eigenvalue weighted by Crippen LogP contribution is -2.00. The molecule has 0 N–H and O–H groups in total. The van der Waals surface area contributed by atoms with Gasteiger partial charge in [-0.15, -0.1) is 0 Å². The molecule has 146 valence electrons. The van der Waals surface area contributed by atoms with E-state index in [1.807, 2.05) is 37.3 Å². The molecule has 3 aromatic rings. The molecule has 0 radical (unpaired) electrons. The molecular weight excluding hydrogens is 389 g/mol. The highest BCUT2D eigenvalue weighted by molar-refractivity contribution is 6.30. The fraction of sp³-hybridized carbons (Fsp3) is 0.125. The van der Waals surface area contributed by atoms with Crippen LogP contribution in [0.2, 0.25) is 5.02 Å².